The maximum absolute atomic E-state index is 11.5. The fraction of sp³-hybridized carbons (Fsp3) is 0.0667. The van der Waals surface area contributed by atoms with Crippen LogP contribution >= 0.6 is 23.2 Å². The molecule has 0 amide bonds. The molecule has 0 saturated heterocycles. The molecular weight excluding hydrogens is 325 g/mol. The van der Waals surface area contributed by atoms with Gasteiger partial charge in [-0.25, -0.2) is 9.78 Å². The number of aromatic nitrogens is 2. The summed E-state index contributed by atoms with van der Waals surface area (Å²) in [5, 5.41) is 13.6. The van der Waals surface area contributed by atoms with Gasteiger partial charge >= 0.3 is 5.97 Å². The average Bonchev–Trinajstić information content (AvgIpc) is 2.93. The van der Waals surface area contributed by atoms with E-state index in [2.05, 4.69) is 10.3 Å². The van der Waals surface area contributed by atoms with Gasteiger partial charge in [0.25, 0.3) is 0 Å². The fourth-order valence-corrected chi connectivity index (χ4v) is 2.69. The molecule has 1 aromatic carbocycles. The van der Waals surface area contributed by atoms with Gasteiger partial charge < -0.3 is 10.4 Å². The molecule has 22 heavy (non-hydrogen) atoms. The van der Waals surface area contributed by atoms with Gasteiger partial charge in [0.05, 0.1) is 5.69 Å². The molecule has 0 fully saturated rings. The molecule has 0 radical (unpaired) electrons. The van der Waals surface area contributed by atoms with Gasteiger partial charge in [-0.1, -0.05) is 29.3 Å². The number of nitrogens with one attached hydrogen (secondary N) is 1. The van der Waals surface area contributed by atoms with Crippen molar-refractivity contribution < 1.29 is 9.90 Å². The van der Waals surface area contributed by atoms with Crippen molar-refractivity contribution in [3.63, 3.8) is 0 Å². The highest BCUT2D eigenvalue weighted by atomic mass is 35.5. The SMILES string of the molecule is O=C(O)c1c(NCc2ccc(Cl)cc2Cl)ccc2nccn12. The van der Waals surface area contributed by atoms with E-state index in [9.17, 15) is 9.90 Å². The Hall–Kier alpha value is -2.24. The Morgan fingerprint density at radius 2 is 2.09 bits per heavy atom. The number of hydrogen-bond donors (Lipinski definition) is 2. The largest absolute Gasteiger partial charge is 0.476 e. The molecule has 7 heteroatoms. The molecule has 0 spiro atoms. The molecule has 0 saturated carbocycles. The number of imidazole rings is 1. The summed E-state index contributed by atoms with van der Waals surface area (Å²) in [6, 6.07) is 8.63. The van der Waals surface area contributed by atoms with Crippen LogP contribution in [0.2, 0.25) is 10.0 Å². The van der Waals surface area contributed by atoms with Crippen molar-refractivity contribution in [3.05, 3.63) is 64.0 Å². The Morgan fingerprint density at radius 1 is 1.27 bits per heavy atom. The number of aromatic carboxylic acids is 1. The van der Waals surface area contributed by atoms with E-state index >= 15 is 0 Å². The third kappa shape index (κ3) is 2.73. The van der Waals surface area contributed by atoms with E-state index in [1.165, 1.54) is 4.40 Å². The lowest BCUT2D eigenvalue weighted by atomic mass is 10.2. The van der Waals surface area contributed by atoms with Crippen molar-refractivity contribution in [2.45, 2.75) is 6.54 Å². The summed E-state index contributed by atoms with van der Waals surface area (Å²) in [4.78, 5) is 15.6. The van der Waals surface area contributed by atoms with Crippen LogP contribution in [0.15, 0.2) is 42.7 Å². The summed E-state index contributed by atoms with van der Waals surface area (Å²) in [7, 11) is 0. The maximum atomic E-state index is 11.5. The highest BCUT2D eigenvalue weighted by Gasteiger charge is 2.15. The number of benzene rings is 1. The van der Waals surface area contributed by atoms with Crippen molar-refractivity contribution in [2.75, 3.05) is 5.32 Å². The van der Waals surface area contributed by atoms with Gasteiger partial charge in [-0.3, -0.25) is 4.40 Å². The highest BCUT2D eigenvalue weighted by molar-refractivity contribution is 6.35. The molecule has 2 heterocycles. The third-order valence-corrected chi connectivity index (χ3v) is 3.84. The first kappa shape index (κ1) is 14.7. The number of halogens is 2. The number of pyridine rings is 1. The molecule has 0 aliphatic heterocycles. The second kappa shape index (κ2) is 5.87. The smallest absolute Gasteiger partial charge is 0.355 e. The second-order valence-corrected chi connectivity index (χ2v) is 5.49. The summed E-state index contributed by atoms with van der Waals surface area (Å²) in [5.41, 5.74) is 2.02. The highest BCUT2D eigenvalue weighted by Crippen LogP contribution is 2.23. The molecule has 3 rings (SSSR count). The van der Waals surface area contributed by atoms with Crippen molar-refractivity contribution in [1.29, 1.82) is 0 Å². The van der Waals surface area contributed by atoms with E-state index in [1.54, 1.807) is 42.7 Å². The molecule has 0 atom stereocenters. The van der Waals surface area contributed by atoms with Crippen LogP contribution in [0.25, 0.3) is 5.65 Å². The van der Waals surface area contributed by atoms with Crippen LogP contribution in [0.1, 0.15) is 16.1 Å². The molecule has 0 aliphatic rings. The Kier molecular flexibility index (Phi) is 3.92. The Labute approximate surface area is 136 Å². The van der Waals surface area contributed by atoms with Crippen molar-refractivity contribution in [1.82, 2.24) is 9.38 Å². The van der Waals surface area contributed by atoms with Gasteiger partial charge in [0.2, 0.25) is 0 Å². The number of anilines is 1. The lowest BCUT2D eigenvalue weighted by Gasteiger charge is -2.12. The van der Waals surface area contributed by atoms with E-state index in [0.717, 1.165) is 5.56 Å². The van der Waals surface area contributed by atoms with Crippen LogP contribution in [0.3, 0.4) is 0 Å². The quantitative estimate of drug-likeness (QED) is 0.757. The third-order valence-electron chi connectivity index (χ3n) is 3.25. The van der Waals surface area contributed by atoms with Gasteiger partial charge in [0.15, 0.2) is 5.69 Å². The summed E-state index contributed by atoms with van der Waals surface area (Å²) < 4.78 is 1.52. The van der Waals surface area contributed by atoms with Crippen LogP contribution in [0, 0.1) is 0 Å². The average molecular weight is 336 g/mol. The topological polar surface area (TPSA) is 66.6 Å². The van der Waals surface area contributed by atoms with Crippen LogP contribution in [-0.2, 0) is 6.54 Å². The van der Waals surface area contributed by atoms with Gasteiger partial charge in [-0.15, -0.1) is 0 Å². The Bertz CT molecular complexity index is 861. The molecule has 112 valence electrons. The van der Waals surface area contributed by atoms with E-state index in [1.807, 2.05) is 0 Å². The zero-order valence-electron chi connectivity index (χ0n) is 11.3. The summed E-state index contributed by atoms with van der Waals surface area (Å²) in [5.74, 6) is -1.03. The first-order chi connectivity index (χ1) is 10.6. The minimum absolute atomic E-state index is 0.125. The first-order valence-electron chi connectivity index (χ1n) is 6.43. The van der Waals surface area contributed by atoms with Gasteiger partial charge in [0, 0.05) is 29.0 Å². The predicted molar refractivity (Wildman–Crippen MR) is 85.9 cm³/mol. The number of rotatable bonds is 4. The van der Waals surface area contributed by atoms with E-state index in [4.69, 9.17) is 23.2 Å². The second-order valence-electron chi connectivity index (χ2n) is 4.65. The molecule has 0 aliphatic carbocycles. The zero-order chi connectivity index (χ0) is 15.7. The van der Waals surface area contributed by atoms with Crippen molar-refractivity contribution >= 4 is 40.5 Å². The number of nitrogens with zero attached hydrogens (tertiary/aromatic N) is 2. The zero-order valence-corrected chi connectivity index (χ0v) is 12.8. The number of hydrogen-bond acceptors (Lipinski definition) is 3. The molecule has 0 bridgehead atoms. The molecule has 2 aromatic heterocycles. The van der Waals surface area contributed by atoms with Crippen LogP contribution in [-0.4, -0.2) is 20.5 Å². The molecule has 0 unspecified atom stereocenters. The first-order valence-corrected chi connectivity index (χ1v) is 7.19. The van der Waals surface area contributed by atoms with Crippen LogP contribution < -0.4 is 5.32 Å². The van der Waals surface area contributed by atoms with Crippen LogP contribution in [0.4, 0.5) is 5.69 Å². The van der Waals surface area contributed by atoms with Gasteiger partial charge in [-0.2, -0.15) is 0 Å². The number of carboxylic acid groups (broad SMARTS) is 1. The predicted octanol–water partition coefficient (Wildman–Crippen LogP) is 3.95. The van der Waals surface area contributed by atoms with E-state index < -0.39 is 5.97 Å². The summed E-state index contributed by atoms with van der Waals surface area (Å²) >= 11 is 12.0. The lowest BCUT2D eigenvalue weighted by Crippen LogP contribution is -2.11. The van der Waals surface area contributed by atoms with E-state index in [-0.39, 0.29) is 5.69 Å². The van der Waals surface area contributed by atoms with Gasteiger partial charge in [0.1, 0.15) is 5.65 Å². The molecular formula is C15H11Cl2N3O2. The lowest BCUT2D eigenvalue weighted by molar-refractivity contribution is 0.0690. The maximum Gasteiger partial charge on any atom is 0.355 e. The Balaban J connectivity index is 1.93. The molecule has 5 nitrogen and oxygen atoms in total. The van der Waals surface area contributed by atoms with Crippen molar-refractivity contribution in [2.24, 2.45) is 0 Å². The monoisotopic (exact) mass is 335 g/mol. The summed E-state index contributed by atoms with van der Waals surface area (Å²) in [6.45, 7) is 0.385. The fourth-order valence-electron chi connectivity index (χ4n) is 2.21. The normalized spacial score (nSPS) is 10.8. The number of fused-ring (bicyclic) bond motifs is 1. The van der Waals surface area contributed by atoms with E-state index in [0.29, 0.717) is 27.9 Å². The number of carbonyl (C=O) groups is 1. The van der Waals surface area contributed by atoms with Crippen LogP contribution in [0.5, 0.6) is 0 Å². The minimum atomic E-state index is -1.03. The molecule has 2 N–H and O–H groups in total. The van der Waals surface area contributed by atoms with Gasteiger partial charge in [-0.05, 0) is 29.8 Å². The number of carboxylic acids is 1. The minimum Gasteiger partial charge on any atom is -0.476 e. The van der Waals surface area contributed by atoms with Crippen molar-refractivity contribution in [3.8, 4) is 0 Å². The standard InChI is InChI=1S/C15H11Cl2N3O2/c16-10-2-1-9(11(17)7-10)8-19-12-3-4-13-18-5-6-20(13)14(12)15(21)22/h1-7,19H,8H2,(H,21,22). The Morgan fingerprint density at radius 3 is 2.82 bits per heavy atom. The molecule has 3 aromatic rings. The summed E-state index contributed by atoms with van der Waals surface area (Å²) in [6.07, 6.45) is 3.17.